The van der Waals surface area contributed by atoms with Crippen molar-refractivity contribution in [3.05, 3.63) is 162 Å². The van der Waals surface area contributed by atoms with E-state index in [4.69, 9.17) is 0 Å². The standard InChI is InChI=1S/C41H35N/c1-28-13-17-30(18-14-28)33-25-34(31-19-15-29(2)16-20-31)27-35(26-33)32-21-23-36(24-22-32)42-39-11-7-5-9-37(39)41(3,4)38-10-6-8-12-40(38)42/h5-27H,1-4H3. The Kier molecular flexibility index (Phi) is 6.32. The maximum Gasteiger partial charge on any atom is 0.0502 e. The van der Waals surface area contributed by atoms with Crippen LogP contribution < -0.4 is 4.90 Å². The van der Waals surface area contributed by atoms with E-state index < -0.39 is 0 Å². The van der Waals surface area contributed by atoms with E-state index in [9.17, 15) is 0 Å². The molecule has 0 aromatic heterocycles. The molecule has 1 aliphatic rings. The van der Waals surface area contributed by atoms with Crippen LogP contribution in [0.2, 0.25) is 0 Å². The van der Waals surface area contributed by atoms with Crippen LogP contribution in [0.15, 0.2) is 140 Å². The van der Waals surface area contributed by atoms with Crippen molar-refractivity contribution < 1.29 is 0 Å². The molecule has 0 saturated carbocycles. The van der Waals surface area contributed by atoms with E-state index in [2.05, 4.69) is 172 Å². The first kappa shape index (κ1) is 26.0. The van der Waals surface area contributed by atoms with Crippen molar-refractivity contribution >= 4 is 17.1 Å². The van der Waals surface area contributed by atoms with Crippen LogP contribution in [-0.2, 0) is 5.41 Å². The summed E-state index contributed by atoms with van der Waals surface area (Å²) in [6.45, 7) is 8.94. The van der Waals surface area contributed by atoms with Crippen molar-refractivity contribution in [2.45, 2.75) is 33.1 Å². The van der Waals surface area contributed by atoms with E-state index in [-0.39, 0.29) is 5.41 Å². The van der Waals surface area contributed by atoms with Gasteiger partial charge < -0.3 is 4.90 Å². The van der Waals surface area contributed by atoms with Crippen LogP contribution >= 0.6 is 0 Å². The molecule has 42 heavy (non-hydrogen) atoms. The first-order valence-corrected chi connectivity index (χ1v) is 14.8. The Hall–Kier alpha value is -4.88. The fourth-order valence-electron chi connectivity index (χ4n) is 6.37. The summed E-state index contributed by atoms with van der Waals surface area (Å²) in [5.41, 5.74) is 16.2. The minimum absolute atomic E-state index is 0.0631. The summed E-state index contributed by atoms with van der Waals surface area (Å²) in [5, 5.41) is 0. The van der Waals surface area contributed by atoms with E-state index in [1.807, 2.05) is 0 Å². The van der Waals surface area contributed by atoms with Gasteiger partial charge in [0.05, 0.1) is 11.4 Å². The number of hydrogen-bond donors (Lipinski definition) is 0. The quantitative estimate of drug-likeness (QED) is 0.214. The van der Waals surface area contributed by atoms with E-state index in [1.54, 1.807) is 0 Å². The second-order valence-corrected chi connectivity index (χ2v) is 12.1. The average Bonchev–Trinajstić information content (AvgIpc) is 3.02. The molecule has 0 saturated heterocycles. The molecule has 0 radical (unpaired) electrons. The minimum Gasteiger partial charge on any atom is -0.310 e. The molecule has 6 aromatic carbocycles. The van der Waals surface area contributed by atoms with Gasteiger partial charge in [0.25, 0.3) is 0 Å². The van der Waals surface area contributed by atoms with Gasteiger partial charge in [0.15, 0.2) is 0 Å². The number of anilines is 3. The summed E-state index contributed by atoms with van der Waals surface area (Å²) in [4.78, 5) is 2.42. The Balaban J connectivity index is 1.33. The van der Waals surface area contributed by atoms with Gasteiger partial charge in [-0.3, -0.25) is 0 Å². The fourth-order valence-corrected chi connectivity index (χ4v) is 6.37. The molecule has 1 heterocycles. The summed E-state index contributed by atoms with van der Waals surface area (Å²) >= 11 is 0. The minimum atomic E-state index is -0.0631. The van der Waals surface area contributed by atoms with Gasteiger partial charge >= 0.3 is 0 Å². The van der Waals surface area contributed by atoms with Crippen LogP contribution in [0.3, 0.4) is 0 Å². The monoisotopic (exact) mass is 541 g/mol. The van der Waals surface area contributed by atoms with Crippen LogP contribution in [0.4, 0.5) is 17.1 Å². The molecular formula is C41H35N. The Morgan fingerprint density at radius 1 is 0.405 bits per heavy atom. The summed E-state index contributed by atoms with van der Waals surface area (Å²) in [5.74, 6) is 0. The topological polar surface area (TPSA) is 3.24 Å². The highest BCUT2D eigenvalue weighted by atomic mass is 15.2. The predicted molar refractivity (Wildman–Crippen MR) is 179 cm³/mol. The molecule has 204 valence electrons. The normalized spacial score (nSPS) is 13.4. The zero-order valence-electron chi connectivity index (χ0n) is 24.7. The van der Waals surface area contributed by atoms with Crippen molar-refractivity contribution in [2.75, 3.05) is 4.90 Å². The van der Waals surface area contributed by atoms with Crippen LogP contribution in [-0.4, -0.2) is 0 Å². The SMILES string of the molecule is Cc1ccc(-c2cc(-c3ccc(C)cc3)cc(-c3ccc(N4c5ccccc5C(C)(C)c5ccccc54)cc3)c2)cc1. The average molecular weight is 542 g/mol. The molecule has 7 rings (SSSR count). The second kappa shape index (κ2) is 10.2. The maximum absolute atomic E-state index is 2.42. The molecule has 0 spiro atoms. The van der Waals surface area contributed by atoms with Crippen molar-refractivity contribution in [3.63, 3.8) is 0 Å². The molecule has 0 amide bonds. The van der Waals surface area contributed by atoms with Gasteiger partial charge in [-0.25, -0.2) is 0 Å². The van der Waals surface area contributed by atoms with E-state index in [0.29, 0.717) is 0 Å². The van der Waals surface area contributed by atoms with E-state index >= 15 is 0 Å². The van der Waals surface area contributed by atoms with Gasteiger partial charge in [0.2, 0.25) is 0 Å². The van der Waals surface area contributed by atoms with Crippen molar-refractivity contribution in [1.29, 1.82) is 0 Å². The van der Waals surface area contributed by atoms with Gasteiger partial charge in [-0.2, -0.15) is 0 Å². The smallest absolute Gasteiger partial charge is 0.0502 e. The lowest BCUT2D eigenvalue weighted by Crippen LogP contribution is -2.30. The van der Waals surface area contributed by atoms with Gasteiger partial charge in [-0.05, 0) is 101 Å². The maximum atomic E-state index is 2.42. The number of aryl methyl sites for hydroxylation is 2. The van der Waals surface area contributed by atoms with Crippen molar-refractivity contribution in [2.24, 2.45) is 0 Å². The Bertz CT molecular complexity index is 1780. The summed E-state index contributed by atoms with van der Waals surface area (Å²) < 4.78 is 0. The molecule has 1 nitrogen and oxygen atoms in total. The molecule has 0 unspecified atom stereocenters. The van der Waals surface area contributed by atoms with E-state index in [0.717, 1.165) is 0 Å². The molecule has 1 heteroatoms. The van der Waals surface area contributed by atoms with Crippen LogP contribution in [0.25, 0.3) is 33.4 Å². The molecule has 0 atom stereocenters. The van der Waals surface area contributed by atoms with Gasteiger partial charge in [-0.1, -0.05) is 122 Å². The third-order valence-corrected chi connectivity index (χ3v) is 8.80. The number of benzene rings is 6. The zero-order chi connectivity index (χ0) is 28.8. The lowest BCUT2D eigenvalue weighted by atomic mass is 9.73. The number of fused-ring (bicyclic) bond motifs is 2. The highest BCUT2D eigenvalue weighted by molar-refractivity contribution is 5.87. The largest absolute Gasteiger partial charge is 0.310 e. The third kappa shape index (κ3) is 4.52. The summed E-state index contributed by atoms with van der Waals surface area (Å²) in [7, 11) is 0. The lowest BCUT2D eigenvalue weighted by molar-refractivity contribution is 0.632. The Labute approximate surface area is 249 Å². The van der Waals surface area contributed by atoms with Crippen LogP contribution in [0.5, 0.6) is 0 Å². The number of nitrogens with zero attached hydrogens (tertiary/aromatic N) is 1. The predicted octanol–water partition coefficient (Wildman–Crippen LogP) is 11.4. The third-order valence-electron chi connectivity index (χ3n) is 8.80. The van der Waals surface area contributed by atoms with Gasteiger partial charge in [0, 0.05) is 11.1 Å². The highest BCUT2D eigenvalue weighted by Crippen LogP contribution is 2.51. The van der Waals surface area contributed by atoms with Crippen molar-refractivity contribution in [1.82, 2.24) is 0 Å². The van der Waals surface area contributed by atoms with Crippen LogP contribution in [0, 0.1) is 13.8 Å². The molecule has 1 aliphatic heterocycles. The number of hydrogen-bond acceptors (Lipinski definition) is 1. The van der Waals surface area contributed by atoms with Gasteiger partial charge in [-0.15, -0.1) is 0 Å². The Morgan fingerprint density at radius 3 is 1.17 bits per heavy atom. The first-order valence-electron chi connectivity index (χ1n) is 14.8. The summed E-state index contributed by atoms with van der Waals surface area (Å²) in [6, 6.07) is 51.4. The second-order valence-electron chi connectivity index (χ2n) is 12.1. The molecular weight excluding hydrogens is 506 g/mol. The fraction of sp³-hybridized carbons (Fsp3) is 0.122. The van der Waals surface area contributed by atoms with Gasteiger partial charge in [0.1, 0.15) is 0 Å². The molecule has 0 fully saturated rings. The molecule has 0 aliphatic carbocycles. The van der Waals surface area contributed by atoms with Crippen molar-refractivity contribution in [3.8, 4) is 33.4 Å². The molecule has 0 bridgehead atoms. The molecule has 6 aromatic rings. The first-order chi connectivity index (χ1) is 20.4. The molecule has 0 N–H and O–H groups in total. The number of rotatable bonds is 4. The zero-order valence-corrected chi connectivity index (χ0v) is 24.7. The van der Waals surface area contributed by atoms with E-state index in [1.165, 1.54) is 72.7 Å². The lowest BCUT2D eigenvalue weighted by Gasteiger charge is -2.42. The van der Waals surface area contributed by atoms with Crippen LogP contribution in [0.1, 0.15) is 36.1 Å². The summed E-state index contributed by atoms with van der Waals surface area (Å²) in [6.07, 6.45) is 0. The highest BCUT2D eigenvalue weighted by Gasteiger charge is 2.36. The Morgan fingerprint density at radius 2 is 0.762 bits per heavy atom. The number of para-hydroxylation sites is 2.